The Kier molecular flexibility index (Phi) is 3.14. The van der Waals surface area contributed by atoms with Gasteiger partial charge in [0.25, 0.3) is 0 Å². The van der Waals surface area contributed by atoms with E-state index in [0.29, 0.717) is 12.8 Å². The summed E-state index contributed by atoms with van der Waals surface area (Å²) in [6.45, 7) is 0.120. The molecule has 0 bridgehead atoms. The molecule has 0 saturated carbocycles. The highest BCUT2D eigenvalue weighted by atomic mass is 16.3. The number of furan rings is 1. The van der Waals surface area contributed by atoms with Crippen LogP contribution in [0.5, 0.6) is 0 Å². The van der Waals surface area contributed by atoms with Gasteiger partial charge < -0.3 is 14.6 Å². The van der Waals surface area contributed by atoms with E-state index < -0.39 is 6.10 Å². The Morgan fingerprint density at radius 3 is 2.91 bits per heavy atom. The lowest BCUT2D eigenvalue weighted by atomic mass is 10.1. The molecule has 0 aliphatic heterocycles. The first-order chi connectivity index (χ1) is 5.34. The van der Waals surface area contributed by atoms with Gasteiger partial charge in [0.1, 0.15) is 0 Å². The minimum absolute atomic E-state index is 0.120. The van der Waals surface area contributed by atoms with E-state index in [1.807, 2.05) is 0 Å². The normalized spacial score (nSPS) is 13.3. The fourth-order valence-electron chi connectivity index (χ4n) is 0.916. The quantitative estimate of drug-likeness (QED) is 0.686. The van der Waals surface area contributed by atoms with Crippen molar-refractivity contribution in [2.45, 2.75) is 18.9 Å². The largest absolute Gasteiger partial charge is 0.472 e. The Bertz CT molecular complexity index is 181. The van der Waals surface area contributed by atoms with Crippen molar-refractivity contribution in [1.29, 1.82) is 0 Å². The summed E-state index contributed by atoms with van der Waals surface area (Å²) >= 11 is 0. The average molecular weight is 156 g/mol. The van der Waals surface area contributed by atoms with Crippen molar-refractivity contribution in [2.24, 2.45) is 0 Å². The summed E-state index contributed by atoms with van der Waals surface area (Å²) < 4.78 is 4.79. The molecule has 0 spiro atoms. The molecule has 1 atom stereocenters. The van der Waals surface area contributed by atoms with Gasteiger partial charge in [-0.1, -0.05) is 0 Å². The van der Waals surface area contributed by atoms with E-state index in [-0.39, 0.29) is 6.61 Å². The zero-order chi connectivity index (χ0) is 8.10. The Morgan fingerprint density at radius 1 is 1.55 bits per heavy atom. The van der Waals surface area contributed by atoms with Gasteiger partial charge in [0.15, 0.2) is 0 Å². The zero-order valence-electron chi connectivity index (χ0n) is 6.23. The van der Waals surface area contributed by atoms with Crippen molar-refractivity contribution >= 4 is 0 Å². The fourth-order valence-corrected chi connectivity index (χ4v) is 0.916. The maximum Gasteiger partial charge on any atom is 0.0960 e. The summed E-state index contributed by atoms with van der Waals surface area (Å²) in [4.78, 5) is 0. The van der Waals surface area contributed by atoms with E-state index in [0.717, 1.165) is 5.56 Å². The van der Waals surface area contributed by atoms with Crippen LogP contribution in [-0.2, 0) is 0 Å². The second kappa shape index (κ2) is 4.16. The third-order valence-electron chi connectivity index (χ3n) is 1.56. The van der Waals surface area contributed by atoms with Crippen LogP contribution in [0, 0.1) is 0 Å². The molecule has 1 unspecified atom stereocenters. The maximum absolute atomic E-state index is 9.37. The van der Waals surface area contributed by atoms with Crippen LogP contribution in [0.3, 0.4) is 0 Å². The van der Waals surface area contributed by atoms with Crippen molar-refractivity contribution in [3.05, 3.63) is 24.2 Å². The minimum atomic E-state index is -0.499. The molecular weight excluding hydrogens is 144 g/mol. The number of rotatable bonds is 4. The van der Waals surface area contributed by atoms with Gasteiger partial charge >= 0.3 is 0 Å². The molecule has 0 aromatic carbocycles. The highest BCUT2D eigenvalue weighted by Crippen LogP contribution is 2.17. The van der Waals surface area contributed by atoms with Crippen LogP contribution < -0.4 is 0 Å². The Hall–Kier alpha value is -0.800. The van der Waals surface area contributed by atoms with Crippen LogP contribution in [0.1, 0.15) is 24.5 Å². The van der Waals surface area contributed by atoms with Gasteiger partial charge in [0, 0.05) is 12.2 Å². The molecule has 11 heavy (non-hydrogen) atoms. The number of aliphatic hydroxyl groups is 2. The van der Waals surface area contributed by atoms with Crippen molar-refractivity contribution in [3.63, 3.8) is 0 Å². The van der Waals surface area contributed by atoms with Crippen molar-refractivity contribution in [3.8, 4) is 0 Å². The molecule has 0 radical (unpaired) electrons. The lowest BCUT2D eigenvalue weighted by Crippen LogP contribution is -1.96. The molecule has 0 fully saturated rings. The fraction of sp³-hybridized carbons (Fsp3) is 0.500. The van der Waals surface area contributed by atoms with Crippen molar-refractivity contribution in [2.75, 3.05) is 6.61 Å². The lowest BCUT2D eigenvalue weighted by molar-refractivity contribution is 0.151. The molecule has 3 nitrogen and oxygen atoms in total. The predicted molar refractivity (Wildman–Crippen MR) is 40.0 cm³/mol. The van der Waals surface area contributed by atoms with Crippen LogP contribution in [-0.4, -0.2) is 16.8 Å². The van der Waals surface area contributed by atoms with Gasteiger partial charge in [-0.2, -0.15) is 0 Å². The van der Waals surface area contributed by atoms with E-state index >= 15 is 0 Å². The zero-order valence-corrected chi connectivity index (χ0v) is 6.23. The van der Waals surface area contributed by atoms with Gasteiger partial charge in [-0.3, -0.25) is 0 Å². The molecule has 62 valence electrons. The SMILES string of the molecule is OCCCC(O)c1ccoc1. The Labute approximate surface area is 65.3 Å². The summed E-state index contributed by atoms with van der Waals surface area (Å²) in [6, 6.07) is 1.72. The maximum atomic E-state index is 9.37. The first kappa shape index (κ1) is 8.30. The van der Waals surface area contributed by atoms with Crippen LogP contribution in [0.15, 0.2) is 23.0 Å². The number of hydrogen-bond acceptors (Lipinski definition) is 3. The van der Waals surface area contributed by atoms with Gasteiger partial charge in [-0.25, -0.2) is 0 Å². The van der Waals surface area contributed by atoms with E-state index in [4.69, 9.17) is 9.52 Å². The van der Waals surface area contributed by atoms with Crippen molar-refractivity contribution < 1.29 is 14.6 Å². The molecule has 0 amide bonds. The van der Waals surface area contributed by atoms with Crippen LogP contribution in [0.25, 0.3) is 0 Å². The molecule has 1 rings (SSSR count). The first-order valence-electron chi connectivity index (χ1n) is 3.65. The minimum Gasteiger partial charge on any atom is -0.472 e. The summed E-state index contributed by atoms with van der Waals surface area (Å²) in [5, 5.41) is 17.8. The number of aliphatic hydroxyl groups excluding tert-OH is 2. The molecule has 1 aromatic heterocycles. The molecule has 0 aliphatic rings. The molecule has 0 saturated heterocycles. The van der Waals surface area contributed by atoms with Gasteiger partial charge in [0.2, 0.25) is 0 Å². The van der Waals surface area contributed by atoms with Crippen molar-refractivity contribution in [1.82, 2.24) is 0 Å². The average Bonchev–Trinajstić information content (AvgIpc) is 2.52. The molecule has 0 aliphatic carbocycles. The number of hydrogen-bond donors (Lipinski definition) is 2. The molecule has 3 heteroatoms. The van der Waals surface area contributed by atoms with Gasteiger partial charge in [-0.05, 0) is 18.9 Å². The monoisotopic (exact) mass is 156 g/mol. The summed E-state index contributed by atoms with van der Waals surface area (Å²) in [5.74, 6) is 0. The topological polar surface area (TPSA) is 53.6 Å². The van der Waals surface area contributed by atoms with Gasteiger partial charge in [-0.15, -0.1) is 0 Å². The van der Waals surface area contributed by atoms with Crippen LogP contribution in [0.4, 0.5) is 0 Å². The summed E-state index contributed by atoms with van der Waals surface area (Å²) in [6.07, 6.45) is 3.74. The molecule has 1 heterocycles. The molecule has 1 aromatic rings. The molecule has 2 N–H and O–H groups in total. The summed E-state index contributed by atoms with van der Waals surface area (Å²) in [5.41, 5.74) is 0.776. The third-order valence-corrected chi connectivity index (χ3v) is 1.56. The predicted octanol–water partition coefficient (Wildman–Crippen LogP) is 1.09. The smallest absolute Gasteiger partial charge is 0.0960 e. The highest BCUT2D eigenvalue weighted by molar-refractivity contribution is 5.08. The second-order valence-corrected chi connectivity index (χ2v) is 2.44. The van der Waals surface area contributed by atoms with E-state index in [9.17, 15) is 5.11 Å². The first-order valence-corrected chi connectivity index (χ1v) is 3.65. The van der Waals surface area contributed by atoms with E-state index in [1.165, 1.54) is 12.5 Å². The van der Waals surface area contributed by atoms with E-state index in [2.05, 4.69) is 0 Å². The van der Waals surface area contributed by atoms with E-state index in [1.54, 1.807) is 6.07 Å². The van der Waals surface area contributed by atoms with Crippen LogP contribution >= 0.6 is 0 Å². The second-order valence-electron chi connectivity index (χ2n) is 2.44. The lowest BCUT2D eigenvalue weighted by Gasteiger charge is -2.05. The van der Waals surface area contributed by atoms with Gasteiger partial charge in [0.05, 0.1) is 18.6 Å². The highest BCUT2D eigenvalue weighted by Gasteiger charge is 2.06. The Morgan fingerprint density at radius 2 is 2.36 bits per heavy atom. The van der Waals surface area contributed by atoms with Crippen LogP contribution in [0.2, 0.25) is 0 Å². The summed E-state index contributed by atoms with van der Waals surface area (Å²) in [7, 11) is 0. The standard InChI is InChI=1S/C8H12O3/c9-4-1-2-8(10)7-3-5-11-6-7/h3,5-6,8-10H,1-2,4H2. The molecular formula is C8H12O3. The Balaban J connectivity index is 2.36. The third kappa shape index (κ3) is 2.37.